The van der Waals surface area contributed by atoms with E-state index in [0.29, 0.717) is 17.8 Å². The van der Waals surface area contributed by atoms with Crippen molar-refractivity contribution < 1.29 is 18.3 Å². The molecule has 0 aliphatic rings. The van der Waals surface area contributed by atoms with E-state index in [1.807, 2.05) is 0 Å². The zero-order valence-electron chi connectivity index (χ0n) is 11.4. The van der Waals surface area contributed by atoms with Crippen LogP contribution in [0.2, 0.25) is 5.02 Å². The smallest absolute Gasteiger partial charge is 0.387 e. The summed E-state index contributed by atoms with van der Waals surface area (Å²) in [6, 6.07) is 11.3. The van der Waals surface area contributed by atoms with E-state index in [1.54, 1.807) is 30.3 Å². The lowest BCUT2D eigenvalue weighted by Gasteiger charge is -2.10. The van der Waals surface area contributed by atoms with Crippen molar-refractivity contribution in [3.05, 3.63) is 58.6 Å². The SMILES string of the molecule is NC(=O)c1cccc(NCc2ccc(OC(F)F)c(Cl)c2)c1. The maximum atomic E-state index is 12.1. The summed E-state index contributed by atoms with van der Waals surface area (Å²) in [5.41, 5.74) is 7.08. The number of anilines is 1. The highest BCUT2D eigenvalue weighted by molar-refractivity contribution is 6.32. The van der Waals surface area contributed by atoms with Gasteiger partial charge in [0.2, 0.25) is 5.91 Å². The Hall–Kier alpha value is -2.34. The summed E-state index contributed by atoms with van der Waals surface area (Å²) in [4.78, 5) is 11.1. The first kappa shape index (κ1) is 16.0. The van der Waals surface area contributed by atoms with Crippen LogP contribution in [0, 0.1) is 0 Å². The molecule has 0 aromatic heterocycles. The molecule has 2 rings (SSSR count). The quantitative estimate of drug-likeness (QED) is 0.851. The number of ether oxygens (including phenoxy) is 1. The van der Waals surface area contributed by atoms with Crippen molar-refractivity contribution in [2.24, 2.45) is 5.73 Å². The number of nitrogens with one attached hydrogen (secondary N) is 1. The van der Waals surface area contributed by atoms with Crippen molar-refractivity contribution in [1.82, 2.24) is 0 Å². The summed E-state index contributed by atoms with van der Waals surface area (Å²) in [5, 5.41) is 3.19. The van der Waals surface area contributed by atoms with E-state index in [1.165, 1.54) is 12.1 Å². The number of primary amides is 1. The Morgan fingerprint density at radius 3 is 2.68 bits per heavy atom. The molecule has 2 aromatic rings. The second-order valence-electron chi connectivity index (χ2n) is 4.44. The lowest BCUT2D eigenvalue weighted by molar-refractivity contribution is -0.0497. The second kappa shape index (κ2) is 7.09. The maximum Gasteiger partial charge on any atom is 0.387 e. The average Bonchev–Trinajstić information content (AvgIpc) is 2.47. The van der Waals surface area contributed by atoms with E-state index in [2.05, 4.69) is 10.1 Å². The third-order valence-electron chi connectivity index (χ3n) is 2.86. The Labute approximate surface area is 130 Å². The number of nitrogens with two attached hydrogens (primary N) is 1. The molecule has 0 aliphatic heterocycles. The Bertz CT molecular complexity index is 680. The number of rotatable bonds is 6. The molecule has 116 valence electrons. The Balaban J connectivity index is 2.04. The standard InChI is InChI=1S/C15H13ClF2N2O2/c16-12-6-9(4-5-13(12)22-15(17)18)8-20-11-3-1-2-10(7-11)14(19)21/h1-7,15,20H,8H2,(H2,19,21). The largest absolute Gasteiger partial charge is 0.433 e. The molecule has 0 fully saturated rings. The molecule has 0 saturated heterocycles. The highest BCUT2D eigenvalue weighted by Gasteiger charge is 2.09. The van der Waals surface area contributed by atoms with E-state index < -0.39 is 12.5 Å². The van der Waals surface area contributed by atoms with Gasteiger partial charge in [-0.1, -0.05) is 23.7 Å². The fourth-order valence-electron chi connectivity index (χ4n) is 1.83. The average molecular weight is 327 g/mol. The number of carbonyl (C=O) groups excluding carboxylic acids is 1. The highest BCUT2D eigenvalue weighted by atomic mass is 35.5. The molecule has 3 N–H and O–H groups in total. The van der Waals surface area contributed by atoms with E-state index >= 15 is 0 Å². The summed E-state index contributed by atoms with van der Waals surface area (Å²) in [7, 11) is 0. The predicted molar refractivity (Wildman–Crippen MR) is 80.4 cm³/mol. The molecule has 0 atom stereocenters. The third kappa shape index (κ3) is 4.33. The first-order valence-electron chi connectivity index (χ1n) is 6.32. The number of halogens is 3. The number of hydrogen-bond donors (Lipinski definition) is 2. The molecule has 0 heterocycles. The van der Waals surface area contributed by atoms with Gasteiger partial charge in [0.25, 0.3) is 0 Å². The number of hydrogen-bond acceptors (Lipinski definition) is 3. The van der Waals surface area contributed by atoms with Gasteiger partial charge in [-0.25, -0.2) is 0 Å². The van der Waals surface area contributed by atoms with Crippen LogP contribution in [0.5, 0.6) is 5.75 Å². The molecule has 0 saturated carbocycles. The van der Waals surface area contributed by atoms with Gasteiger partial charge < -0.3 is 15.8 Å². The van der Waals surface area contributed by atoms with Crippen LogP contribution in [0.1, 0.15) is 15.9 Å². The Kier molecular flexibility index (Phi) is 5.16. The Morgan fingerprint density at radius 2 is 2.05 bits per heavy atom. The molecule has 1 amide bonds. The zero-order chi connectivity index (χ0) is 16.1. The molecule has 4 nitrogen and oxygen atoms in total. The number of benzene rings is 2. The van der Waals surface area contributed by atoms with Crippen molar-refractivity contribution in [3.63, 3.8) is 0 Å². The van der Waals surface area contributed by atoms with Crippen molar-refractivity contribution >= 4 is 23.2 Å². The van der Waals surface area contributed by atoms with Gasteiger partial charge in [0, 0.05) is 17.8 Å². The summed E-state index contributed by atoms with van der Waals surface area (Å²) in [6.07, 6.45) is 0. The van der Waals surface area contributed by atoms with E-state index in [-0.39, 0.29) is 10.8 Å². The van der Waals surface area contributed by atoms with Crippen molar-refractivity contribution in [3.8, 4) is 5.75 Å². The highest BCUT2D eigenvalue weighted by Crippen LogP contribution is 2.27. The molecule has 0 bridgehead atoms. The van der Waals surface area contributed by atoms with E-state index in [4.69, 9.17) is 17.3 Å². The number of amides is 1. The van der Waals surface area contributed by atoms with E-state index in [9.17, 15) is 13.6 Å². The van der Waals surface area contributed by atoms with Gasteiger partial charge >= 0.3 is 6.61 Å². The molecular weight excluding hydrogens is 314 g/mol. The van der Waals surface area contributed by atoms with Crippen LogP contribution in [0.4, 0.5) is 14.5 Å². The van der Waals surface area contributed by atoms with Gasteiger partial charge in [0.15, 0.2) is 0 Å². The lowest BCUT2D eigenvalue weighted by atomic mass is 10.1. The third-order valence-corrected chi connectivity index (χ3v) is 3.15. The zero-order valence-corrected chi connectivity index (χ0v) is 12.1. The molecular formula is C15H13ClF2N2O2. The molecule has 0 radical (unpaired) electrons. The maximum absolute atomic E-state index is 12.1. The number of carbonyl (C=O) groups is 1. The monoisotopic (exact) mass is 326 g/mol. The molecule has 0 aliphatic carbocycles. The van der Waals surface area contributed by atoms with Gasteiger partial charge in [0.1, 0.15) is 5.75 Å². The van der Waals surface area contributed by atoms with Crippen molar-refractivity contribution in [1.29, 1.82) is 0 Å². The van der Waals surface area contributed by atoms with Crippen molar-refractivity contribution in [2.75, 3.05) is 5.32 Å². The number of alkyl halides is 2. The molecule has 22 heavy (non-hydrogen) atoms. The fraction of sp³-hybridized carbons (Fsp3) is 0.133. The lowest BCUT2D eigenvalue weighted by Crippen LogP contribution is -2.11. The minimum Gasteiger partial charge on any atom is -0.433 e. The van der Waals surface area contributed by atoms with Gasteiger partial charge in [-0.3, -0.25) is 4.79 Å². The second-order valence-corrected chi connectivity index (χ2v) is 4.85. The summed E-state index contributed by atoms with van der Waals surface area (Å²) < 4.78 is 28.6. The van der Waals surface area contributed by atoms with Gasteiger partial charge in [-0.05, 0) is 35.9 Å². The van der Waals surface area contributed by atoms with Crippen LogP contribution in [-0.2, 0) is 6.54 Å². The predicted octanol–water partition coefficient (Wildman–Crippen LogP) is 3.65. The Morgan fingerprint density at radius 1 is 1.27 bits per heavy atom. The fourth-order valence-corrected chi connectivity index (χ4v) is 2.08. The molecule has 0 spiro atoms. The van der Waals surface area contributed by atoms with Gasteiger partial charge in [0.05, 0.1) is 5.02 Å². The van der Waals surface area contributed by atoms with Crippen LogP contribution in [0.15, 0.2) is 42.5 Å². The van der Waals surface area contributed by atoms with Crippen LogP contribution in [-0.4, -0.2) is 12.5 Å². The minimum atomic E-state index is -2.92. The van der Waals surface area contributed by atoms with Crippen LogP contribution in [0.3, 0.4) is 0 Å². The van der Waals surface area contributed by atoms with Gasteiger partial charge in [-0.2, -0.15) is 8.78 Å². The van der Waals surface area contributed by atoms with Gasteiger partial charge in [-0.15, -0.1) is 0 Å². The molecule has 2 aromatic carbocycles. The molecule has 0 unspecified atom stereocenters. The van der Waals surface area contributed by atoms with Crippen LogP contribution in [0.25, 0.3) is 0 Å². The normalized spacial score (nSPS) is 10.5. The summed E-state index contributed by atoms with van der Waals surface area (Å²) in [5.74, 6) is -0.587. The topological polar surface area (TPSA) is 64.4 Å². The van der Waals surface area contributed by atoms with Crippen molar-refractivity contribution in [2.45, 2.75) is 13.2 Å². The first-order valence-corrected chi connectivity index (χ1v) is 6.70. The van der Waals surface area contributed by atoms with E-state index in [0.717, 1.165) is 5.56 Å². The van der Waals surface area contributed by atoms with Crippen LogP contribution < -0.4 is 15.8 Å². The first-order chi connectivity index (χ1) is 10.5. The van der Waals surface area contributed by atoms with Crippen LogP contribution >= 0.6 is 11.6 Å². The summed E-state index contributed by atoms with van der Waals surface area (Å²) >= 11 is 5.87. The minimum absolute atomic E-state index is 0.0730. The summed E-state index contributed by atoms with van der Waals surface area (Å²) in [6.45, 7) is -2.52. The molecule has 7 heteroatoms.